The van der Waals surface area contributed by atoms with E-state index in [0.717, 1.165) is 4.90 Å². The molecular weight excluding hydrogens is 430 g/mol. The third-order valence-corrected chi connectivity index (χ3v) is 5.27. The number of hydrogen-bond donors (Lipinski definition) is 1. The third-order valence-electron chi connectivity index (χ3n) is 5.27. The Morgan fingerprint density at radius 2 is 1.82 bits per heavy atom. The molecule has 178 valence electrons. The number of hydrogen-bond acceptors (Lipinski definition) is 7. The van der Waals surface area contributed by atoms with Crippen LogP contribution in [0.25, 0.3) is 0 Å². The van der Waals surface area contributed by atoms with Crippen molar-refractivity contribution in [2.45, 2.75) is 58.1 Å². The van der Waals surface area contributed by atoms with Crippen LogP contribution >= 0.6 is 0 Å². The minimum atomic E-state index is -0.999. The minimum absolute atomic E-state index is 0.0707. The second kappa shape index (κ2) is 9.60. The summed E-state index contributed by atoms with van der Waals surface area (Å²) in [7, 11) is 1.67. The van der Waals surface area contributed by atoms with Crippen LogP contribution in [0.4, 0.5) is 4.79 Å². The zero-order valence-corrected chi connectivity index (χ0v) is 19.3. The van der Waals surface area contributed by atoms with Crippen molar-refractivity contribution in [2.75, 3.05) is 20.2 Å². The van der Waals surface area contributed by atoms with Crippen molar-refractivity contribution in [2.24, 2.45) is 0 Å². The maximum Gasteiger partial charge on any atom is 0.410 e. The Morgan fingerprint density at radius 1 is 1.12 bits per heavy atom. The molecular formula is C23H29N3O7. The number of carbonyl (C=O) groups excluding carboxylic acids is 5. The van der Waals surface area contributed by atoms with Crippen molar-refractivity contribution in [3.05, 3.63) is 29.3 Å². The maximum atomic E-state index is 12.8. The smallest absolute Gasteiger partial charge is 0.410 e. The van der Waals surface area contributed by atoms with Gasteiger partial charge < -0.3 is 14.4 Å². The number of piperidine rings is 1. The third kappa shape index (κ3) is 5.68. The summed E-state index contributed by atoms with van der Waals surface area (Å²) >= 11 is 0. The molecule has 0 aliphatic carbocycles. The van der Waals surface area contributed by atoms with Crippen LogP contribution in [0.2, 0.25) is 0 Å². The van der Waals surface area contributed by atoms with E-state index >= 15 is 0 Å². The monoisotopic (exact) mass is 459 g/mol. The number of imide groups is 2. The molecule has 2 heterocycles. The SMILES string of the molecule is CN(CCCCOc1ccc2c(c1)C(=O)N(C1CCC(=O)NC1=O)C2=O)C(=O)OC(C)(C)C. The van der Waals surface area contributed by atoms with E-state index in [2.05, 4.69) is 5.32 Å². The Hall–Kier alpha value is -3.43. The lowest BCUT2D eigenvalue weighted by Gasteiger charge is -2.27. The number of amides is 5. The standard InChI is InChI=1S/C23H29N3O7/c1-23(2,3)33-22(31)25(4)11-5-6-12-32-14-7-8-15-16(13-14)21(30)26(20(15)29)17-9-10-18(27)24-19(17)28/h7-8,13,17H,5-6,9-12H2,1-4H3,(H,24,27,28). The lowest BCUT2D eigenvalue weighted by atomic mass is 10.0. The van der Waals surface area contributed by atoms with Gasteiger partial charge in [0.25, 0.3) is 11.8 Å². The molecule has 1 fully saturated rings. The number of ether oxygens (including phenoxy) is 2. The maximum absolute atomic E-state index is 12.8. The summed E-state index contributed by atoms with van der Waals surface area (Å²) < 4.78 is 11.0. The fourth-order valence-electron chi connectivity index (χ4n) is 3.61. The first-order valence-electron chi connectivity index (χ1n) is 10.9. The van der Waals surface area contributed by atoms with Crippen LogP contribution in [0, 0.1) is 0 Å². The van der Waals surface area contributed by atoms with Crippen molar-refractivity contribution in [1.82, 2.24) is 15.1 Å². The Morgan fingerprint density at radius 3 is 2.48 bits per heavy atom. The van der Waals surface area contributed by atoms with Gasteiger partial charge in [-0.05, 0) is 58.2 Å². The normalized spacial score (nSPS) is 18.2. The van der Waals surface area contributed by atoms with Crippen molar-refractivity contribution in [3.63, 3.8) is 0 Å². The zero-order valence-electron chi connectivity index (χ0n) is 19.3. The summed E-state index contributed by atoms with van der Waals surface area (Å²) in [4.78, 5) is 63.4. The zero-order chi connectivity index (χ0) is 24.3. The molecule has 1 atom stereocenters. The number of nitrogens with zero attached hydrogens (tertiary/aromatic N) is 2. The molecule has 0 radical (unpaired) electrons. The Kier molecular flexibility index (Phi) is 7.04. The average molecular weight is 459 g/mol. The highest BCUT2D eigenvalue weighted by Crippen LogP contribution is 2.30. The van der Waals surface area contributed by atoms with Crippen LogP contribution in [0.1, 0.15) is 67.2 Å². The van der Waals surface area contributed by atoms with Crippen LogP contribution in [-0.2, 0) is 14.3 Å². The molecule has 0 spiro atoms. The van der Waals surface area contributed by atoms with Crippen LogP contribution in [0.5, 0.6) is 5.75 Å². The molecule has 0 saturated carbocycles. The molecule has 1 unspecified atom stereocenters. The number of fused-ring (bicyclic) bond motifs is 1. The van der Waals surface area contributed by atoms with Gasteiger partial charge in [0.05, 0.1) is 17.7 Å². The lowest BCUT2D eigenvalue weighted by Crippen LogP contribution is -2.54. The molecule has 10 heteroatoms. The van der Waals surface area contributed by atoms with Crippen molar-refractivity contribution >= 4 is 29.7 Å². The topological polar surface area (TPSA) is 122 Å². The quantitative estimate of drug-likeness (QED) is 0.489. The van der Waals surface area contributed by atoms with Gasteiger partial charge in [0.2, 0.25) is 11.8 Å². The van der Waals surface area contributed by atoms with E-state index in [1.165, 1.54) is 17.0 Å². The molecule has 1 aromatic rings. The van der Waals surface area contributed by atoms with Gasteiger partial charge in [-0.15, -0.1) is 0 Å². The molecule has 33 heavy (non-hydrogen) atoms. The predicted octanol–water partition coefficient (Wildman–Crippen LogP) is 2.11. The van der Waals surface area contributed by atoms with Crippen molar-refractivity contribution < 1.29 is 33.4 Å². The molecule has 5 amide bonds. The first-order valence-corrected chi connectivity index (χ1v) is 10.9. The Bertz CT molecular complexity index is 983. The summed E-state index contributed by atoms with van der Waals surface area (Å²) in [5, 5.41) is 2.17. The van der Waals surface area contributed by atoms with E-state index in [9.17, 15) is 24.0 Å². The summed E-state index contributed by atoms with van der Waals surface area (Å²) in [6.45, 7) is 6.30. The minimum Gasteiger partial charge on any atom is -0.494 e. The lowest BCUT2D eigenvalue weighted by molar-refractivity contribution is -0.136. The first-order chi connectivity index (χ1) is 15.5. The first kappa shape index (κ1) is 24.2. The molecule has 0 bridgehead atoms. The largest absolute Gasteiger partial charge is 0.494 e. The van der Waals surface area contributed by atoms with Crippen LogP contribution in [0.15, 0.2) is 18.2 Å². The number of carbonyl (C=O) groups is 5. The van der Waals surface area contributed by atoms with E-state index < -0.39 is 35.3 Å². The van der Waals surface area contributed by atoms with E-state index in [0.29, 0.717) is 31.7 Å². The van der Waals surface area contributed by atoms with E-state index in [1.807, 2.05) is 20.8 Å². The fourth-order valence-corrected chi connectivity index (χ4v) is 3.61. The van der Waals surface area contributed by atoms with Gasteiger partial charge in [0, 0.05) is 20.0 Å². The highest BCUT2D eigenvalue weighted by Gasteiger charge is 2.44. The molecule has 3 rings (SSSR count). The molecule has 0 aromatic heterocycles. The average Bonchev–Trinajstić information content (AvgIpc) is 2.96. The van der Waals surface area contributed by atoms with Gasteiger partial charge in [-0.3, -0.25) is 29.4 Å². The number of rotatable bonds is 7. The summed E-state index contributed by atoms with van der Waals surface area (Å²) in [6, 6.07) is 3.60. The Balaban J connectivity index is 1.52. The predicted molar refractivity (Wildman–Crippen MR) is 117 cm³/mol. The summed E-state index contributed by atoms with van der Waals surface area (Å²) in [6.07, 6.45) is 1.16. The van der Waals surface area contributed by atoms with Gasteiger partial charge in [-0.2, -0.15) is 0 Å². The van der Waals surface area contributed by atoms with Crippen LogP contribution < -0.4 is 10.1 Å². The van der Waals surface area contributed by atoms with E-state index in [1.54, 1.807) is 13.1 Å². The number of nitrogens with one attached hydrogen (secondary N) is 1. The number of benzene rings is 1. The van der Waals surface area contributed by atoms with Crippen molar-refractivity contribution in [1.29, 1.82) is 0 Å². The molecule has 10 nitrogen and oxygen atoms in total. The van der Waals surface area contributed by atoms with Crippen molar-refractivity contribution in [3.8, 4) is 5.75 Å². The second-order valence-electron chi connectivity index (χ2n) is 9.11. The summed E-state index contributed by atoms with van der Waals surface area (Å²) in [5.41, 5.74) is -0.169. The second-order valence-corrected chi connectivity index (χ2v) is 9.11. The molecule has 1 N–H and O–H groups in total. The Labute approximate surface area is 192 Å². The molecule has 1 saturated heterocycles. The fraction of sp³-hybridized carbons (Fsp3) is 0.522. The van der Waals surface area contributed by atoms with Gasteiger partial charge in [0.1, 0.15) is 17.4 Å². The molecule has 2 aliphatic heterocycles. The van der Waals surface area contributed by atoms with Gasteiger partial charge >= 0.3 is 6.09 Å². The molecule has 1 aromatic carbocycles. The number of unbranched alkanes of at least 4 members (excludes halogenated alkanes) is 1. The van der Waals surface area contributed by atoms with Gasteiger partial charge in [0.15, 0.2) is 0 Å². The van der Waals surface area contributed by atoms with E-state index in [-0.39, 0.29) is 30.1 Å². The van der Waals surface area contributed by atoms with Crippen LogP contribution in [0.3, 0.4) is 0 Å². The summed E-state index contributed by atoms with van der Waals surface area (Å²) in [5.74, 6) is -1.76. The van der Waals surface area contributed by atoms with Crippen LogP contribution in [-0.4, -0.2) is 71.4 Å². The van der Waals surface area contributed by atoms with Gasteiger partial charge in [-0.25, -0.2) is 4.79 Å². The molecule has 2 aliphatic rings. The van der Waals surface area contributed by atoms with Gasteiger partial charge in [-0.1, -0.05) is 0 Å². The van der Waals surface area contributed by atoms with E-state index in [4.69, 9.17) is 9.47 Å². The highest BCUT2D eigenvalue weighted by atomic mass is 16.6. The highest BCUT2D eigenvalue weighted by molar-refractivity contribution is 6.23.